The molecule has 0 saturated heterocycles. The van der Waals surface area contributed by atoms with E-state index in [1.807, 2.05) is 12.1 Å². The zero-order valence-electron chi connectivity index (χ0n) is 9.37. The molecule has 0 aliphatic rings. The highest BCUT2D eigenvalue weighted by molar-refractivity contribution is 7.50. The van der Waals surface area contributed by atoms with Gasteiger partial charge in [0, 0.05) is 26.2 Å². The first-order chi connectivity index (χ1) is 6.99. The molecule has 0 radical (unpaired) electrons. The normalized spacial score (nSPS) is 15.5. The van der Waals surface area contributed by atoms with Crippen LogP contribution in [0.25, 0.3) is 0 Å². The fourth-order valence-corrected chi connectivity index (χ4v) is 1.64. The van der Waals surface area contributed by atoms with Gasteiger partial charge in [-0.1, -0.05) is 6.92 Å². The first-order valence-electron chi connectivity index (χ1n) is 5.14. The van der Waals surface area contributed by atoms with Crippen molar-refractivity contribution in [3.8, 4) is 0 Å². The van der Waals surface area contributed by atoms with Gasteiger partial charge in [-0.2, -0.15) is 0 Å². The minimum atomic E-state index is -4.56. The van der Waals surface area contributed by atoms with Gasteiger partial charge in [-0.25, -0.2) is 9.65 Å². The van der Waals surface area contributed by atoms with Gasteiger partial charge in [-0.15, -0.1) is 4.20 Å². The van der Waals surface area contributed by atoms with Crippen molar-refractivity contribution in [2.24, 2.45) is 0 Å². The van der Waals surface area contributed by atoms with Gasteiger partial charge in [-0.3, -0.25) is 0 Å². The van der Waals surface area contributed by atoms with E-state index in [1.165, 1.54) is 0 Å². The molecule has 0 aliphatic carbocycles. The highest BCUT2D eigenvalue weighted by atomic mass is 31.2. The molecule has 0 heterocycles. The summed E-state index contributed by atoms with van der Waals surface area (Å²) in [5.41, 5.74) is 0. The van der Waals surface area contributed by atoms with Crippen LogP contribution in [0.3, 0.4) is 0 Å². The van der Waals surface area contributed by atoms with E-state index in [4.69, 9.17) is 4.89 Å². The molecule has 7 heteroatoms. The first-order valence-corrected chi connectivity index (χ1v) is 6.69. The van der Waals surface area contributed by atoms with Crippen LogP contribution in [0.1, 0.15) is 13.3 Å². The largest absolute Gasteiger partial charge is 0.440 e. The molecule has 0 spiro atoms. The lowest BCUT2D eigenvalue weighted by atomic mass is 10.4. The maximum Gasteiger partial charge on any atom is 0.440 e. The first kappa shape index (κ1) is 15.0. The van der Waals surface area contributed by atoms with Crippen molar-refractivity contribution in [3.63, 3.8) is 0 Å². The summed E-state index contributed by atoms with van der Waals surface area (Å²) in [4.78, 5) is 10.5. The summed E-state index contributed by atoms with van der Waals surface area (Å²) in [6.07, 6.45) is 1.01. The van der Waals surface area contributed by atoms with Gasteiger partial charge < -0.3 is 15.1 Å². The number of rotatable bonds is 9. The summed E-state index contributed by atoms with van der Waals surface area (Å²) < 4.78 is 22.6. The summed E-state index contributed by atoms with van der Waals surface area (Å²) in [5, 5.41) is 4.99. The topological polar surface area (TPSA) is 64.6 Å². The zero-order valence-corrected chi connectivity index (χ0v) is 10.3. The van der Waals surface area contributed by atoms with Crippen LogP contribution in [-0.4, -0.2) is 49.6 Å². The molecule has 0 fully saturated rings. The number of nitrogens with zero attached hydrogens (tertiary/aromatic N) is 1. The molecule has 0 bridgehead atoms. The predicted octanol–water partition coefficient (Wildman–Crippen LogP) is 0.577. The van der Waals surface area contributed by atoms with Crippen molar-refractivity contribution in [1.29, 1.82) is 0 Å². The molecule has 1 unspecified atom stereocenters. The Morgan fingerprint density at radius 1 is 1.33 bits per heavy atom. The van der Waals surface area contributed by atoms with E-state index in [1.54, 1.807) is 0 Å². The summed E-state index contributed by atoms with van der Waals surface area (Å²) >= 11 is 0. The second-order valence-corrected chi connectivity index (χ2v) is 4.68. The fourth-order valence-electron chi connectivity index (χ4n) is 1.27. The van der Waals surface area contributed by atoms with Crippen molar-refractivity contribution >= 4 is 7.83 Å². The lowest BCUT2D eigenvalue weighted by Crippen LogP contribution is -2.36. The lowest BCUT2D eigenvalue weighted by molar-refractivity contribution is 0.277. The Bertz CT molecular complexity index is 200. The molecule has 92 valence electrons. The van der Waals surface area contributed by atoms with Gasteiger partial charge in [0.05, 0.1) is 0 Å². The molecule has 0 aliphatic heterocycles. The molecule has 0 aromatic carbocycles. The Kier molecular flexibility index (Phi) is 8.19. The summed E-state index contributed by atoms with van der Waals surface area (Å²) in [6, 6.07) is 0. The Balaban J connectivity index is 3.70. The third kappa shape index (κ3) is 10.3. The number of hydrogen-bond donors (Lipinski definition) is 3. The second kappa shape index (κ2) is 8.19. The molecule has 15 heavy (non-hydrogen) atoms. The molecule has 0 amide bonds. The molecular weight excluding hydrogens is 220 g/mol. The van der Waals surface area contributed by atoms with Crippen LogP contribution in [-0.2, 0) is 4.57 Å². The Morgan fingerprint density at radius 3 is 2.40 bits per heavy atom. The third-order valence-electron chi connectivity index (χ3n) is 1.95. The quantitative estimate of drug-likeness (QED) is 0.515. The monoisotopic (exact) mass is 241 g/mol. The van der Waals surface area contributed by atoms with Crippen LogP contribution in [0.2, 0.25) is 0 Å². The Labute approximate surface area is 90.7 Å². The molecule has 0 saturated carbocycles. The molecule has 3 N–H and O–H groups in total. The van der Waals surface area contributed by atoms with Crippen LogP contribution in [0.15, 0.2) is 0 Å². The number of likely N-dealkylation sites (N-methyl/N-ethyl adjacent to an activating group) is 1. The SMILES string of the molecule is CCCN(CCNC)CCNP(=O)(O)F. The zero-order chi connectivity index (χ0) is 11.7. The van der Waals surface area contributed by atoms with Gasteiger partial charge in [0.25, 0.3) is 0 Å². The van der Waals surface area contributed by atoms with E-state index in [0.29, 0.717) is 6.54 Å². The average Bonchev–Trinajstić information content (AvgIpc) is 2.12. The maximum absolute atomic E-state index is 12.2. The Morgan fingerprint density at radius 2 is 1.93 bits per heavy atom. The van der Waals surface area contributed by atoms with Crippen LogP contribution in [0.4, 0.5) is 4.20 Å². The van der Waals surface area contributed by atoms with Crippen molar-refractivity contribution in [2.45, 2.75) is 13.3 Å². The number of hydrogen-bond acceptors (Lipinski definition) is 3. The van der Waals surface area contributed by atoms with E-state index in [0.717, 1.165) is 26.1 Å². The third-order valence-corrected chi connectivity index (χ3v) is 2.57. The summed E-state index contributed by atoms with van der Waals surface area (Å²) in [6.45, 7) is 5.44. The highest BCUT2D eigenvalue weighted by Crippen LogP contribution is 2.35. The van der Waals surface area contributed by atoms with E-state index < -0.39 is 7.83 Å². The summed E-state index contributed by atoms with van der Waals surface area (Å²) in [5.74, 6) is 0. The van der Waals surface area contributed by atoms with E-state index in [-0.39, 0.29) is 6.54 Å². The van der Waals surface area contributed by atoms with E-state index in [2.05, 4.69) is 17.1 Å². The van der Waals surface area contributed by atoms with Crippen molar-refractivity contribution in [1.82, 2.24) is 15.3 Å². The van der Waals surface area contributed by atoms with Gasteiger partial charge in [0.1, 0.15) is 0 Å². The number of nitrogens with one attached hydrogen (secondary N) is 2. The number of halogens is 1. The van der Waals surface area contributed by atoms with E-state index in [9.17, 15) is 8.76 Å². The van der Waals surface area contributed by atoms with Gasteiger partial charge in [-0.05, 0) is 20.0 Å². The minimum absolute atomic E-state index is 0.188. The standard InChI is InChI=1S/C8H21FN3O2P/c1-3-6-12(7-4-10-2)8-5-11-15(9,13)14/h10H,3-8H2,1-2H3,(H2,11,13,14). The van der Waals surface area contributed by atoms with Crippen LogP contribution in [0.5, 0.6) is 0 Å². The highest BCUT2D eigenvalue weighted by Gasteiger charge is 2.14. The van der Waals surface area contributed by atoms with Crippen LogP contribution < -0.4 is 10.4 Å². The molecule has 0 rings (SSSR count). The van der Waals surface area contributed by atoms with Gasteiger partial charge in [0.15, 0.2) is 0 Å². The van der Waals surface area contributed by atoms with Crippen LogP contribution >= 0.6 is 7.83 Å². The smallest absolute Gasteiger partial charge is 0.318 e. The molecule has 0 aromatic rings. The molecule has 0 aromatic heterocycles. The van der Waals surface area contributed by atoms with Crippen molar-refractivity contribution in [3.05, 3.63) is 0 Å². The van der Waals surface area contributed by atoms with Gasteiger partial charge >= 0.3 is 7.83 Å². The predicted molar refractivity (Wildman–Crippen MR) is 59.6 cm³/mol. The molecular formula is C8H21FN3O2P. The van der Waals surface area contributed by atoms with Crippen molar-refractivity contribution < 1.29 is 13.7 Å². The van der Waals surface area contributed by atoms with E-state index >= 15 is 0 Å². The Hall–Kier alpha value is -0.0000000000000000278. The lowest BCUT2D eigenvalue weighted by Gasteiger charge is -2.21. The van der Waals surface area contributed by atoms with Crippen LogP contribution in [0, 0.1) is 0 Å². The maximum atomic E-state index is 12.2. The fraction of sp³-hybridized carbons (Fsp3) is 1.00. The molecule has 5 nitrogen and oxygen atoms in total. The molecule has 1 atom stereocenters. The minimum Gasteiger partial charge on any atom is -0.318 e. The summed E-state index contributed by atoms with van der Waals surface area (Å²) in [7, 11) is -2.69. The van der Waals surface area contributed by atoms with Crippen molar-refractivity contribution in [2.75, 3.05) is 39.8 Å². The average molecular weight is 241 g/mol. The second-order valence-electron chi connectivity index (χ2n) is 3.36. The van der Waals surface area contributed by atoms with Gasteiger partial charge in [0.2, 0.25) is 0 Å².